The van der Waals surface area contributed by atoms with E-state index in [1.54, 1.807) is 0 Å². The Morgan fingerprint density at radius 3 is 2.71 bits per heavy atom. The highest BCUT2D eigenvalue weighted by molar-refractivity contribution is 5.99. The first-order chi connectivity index (χ1) is 13.7. The number of rotatable bonds is 3. The Balaban J connectivity index is 1.25. The van der Waals surface area contributed by atoms with Crippen LogP contribution in [0.1, 0.15) is 40.2 Å². The van der Waals surface area contributed by atoms with Gasteiger partial charge in [0.2, 0.25) is 12.7 Å². The molecular formula is C21H24N4O3. The molecule has 1 saturated heterocycles. The fourth-order valence-electron chi connectivity index (χ4n) is 4.25. The molecule has 1 fully saturated rings. The van der Waals surface area contributed by atoms with Gasteiger partial charge in [-0.15, -0.1) is 0 Å². The minimum Gasteiger partial charge on any atom is -0.454 e. The second-order valence-corrected chi connectivity index (χ2v) is 7.66. The van der Waals surface area contributed by atoms with Gasteiger partial charge in [-0.25, -0.2) is 9.97 Å². The maximum atomic E-state index is 12.2. The summed E-state index contributed by atoms with van der Waals surface area (Å²) in [6.07, 6.45) is 2.39. The molecule has 3 heterocycles. The summed E-state index contributed by atoms with van der Waals surface area (Å²) in [6.45, 7) is 6.81. The molecule has 5 rings (SSSR count). The molecule has 0 spiro atoms. The van der Waals surface area contributed by atoms with Gasteiger partial charge in [-0.05, 0) is 37.5 Å². The van der Waals surface area contributed by atoms with Gasteiger partial charge >= 0.3 is 0 Å². The number of aromatic nitrogens is 2. The summed E-state index contributed by atoms with van der Waals surface area (Å²) in [6, 6.07) is 6.16. The number of ether oxygens (including phenoxy) is 2. The predicted octanol–water partition coefficient (Wildman–Crippen LogP) is 2.35. The van der Waals surface area contributed by atoms with E-state index < -0.39 is 0 Å². The highest BCUT2D eigenvalue weighted by Gasteiger charge is 2.26. The monoisotopic (exact) mass is 380 g/mol. The lowest BCUT2D eigenvalue weighted by Crippen LogP contribution is -2.46. The Hall–Kier alpha value is -2.67. The third-order valence-electron chi connectivity index (χ3n) is 5.75. The number of hydrogen-bond donors (Lipinski definition) is 0. The van der Waals surface area contributed by atoms with E-state index in [4.69, 9.17) is 14.5 Å². The van der Waals surface area contributed by atoms with Crippen LogP contribution < -0.4 is 14.4 Å². The largest absolute Gasteiger partial charge is 0.454 e. The Kier molecular flexibility index (Phi) is 4.39. The van der Waals surface area contributed by atoms with E-state index in [-0.39, 0.29) is 5.78 Å². The van der Waals surface area contributed by atoms with Crippen LogP contribution in [-0.4, -0.2) is 53.6 Å². The Labute approximate surface area is 164 Å². The molecule has 0 unspecified atom stereocenters. The normalized spacial score (nSPS) is 19.0. The summed E-state index contributed by atoms with van der Waals surface area (Å²) >= 11 is 0. The summed E-state index contributed by atoms with van der Waals surface area (Å²) in [7, 11) is 0. The van der Waals surface area contributed by atoms with Crippen molar-refractivity contribution >= 4 is 11.7 Å². The first kappa shape index (κ1) is 17.4. The van der Waals surface area contributed by atoms with Gasteiger partial charge < -0.3 is 14.4 Å². The van der Waals surface area contributed by atoms with E-state index in [0.29, 0.717) is 13.2 Å². The van der Waals surface area contributed by atoms with Crippen molar-refractivity contribution in [3.63, 3.8) is 0 Å². The fraction of sp³-hybridized carbons (Fsp3) is 0.476. The van der Waals surface area contributed by atoms with Gasteiger partial charge in [0.1, 0.15) is 0 Å². The number of carbonyl (C=O) groups is 1. The van der Waals surface area contributed by atoms with Gasteiger partial charge in [0.25, 0.3) is 0 Å². The van der Waals surface area contributed by atoms with Crippen LogP contribution in [0.2, 0.25) is 0 Å². The first-order valence-corrected chi connectivity index (χ1v) is 9.94. The number of piperazine rings is 1. The lowest BCUT2D eigenvalue weighted by Gasteiger charge is -2.35. The zero-order valence-electron chi connectivity index (χ0n) is 16.1. The van der Waals surface area contributed by atoms with Crippen molar-refractivity contribution in [3.05, 3.63) is 40.7 Å². The minimum atomic E-state index is 0.193. The van der Waals surface area contributed by atoms with Crippen molar-refractivity contribution in [2.45, 2.75) is 32.7 Å². The lowest BCUT2D eigenvalue weighted by molar-refractivity contribution is 0.0970. The number of Topliss-reactive ketones (excluding diaryl/α,β-unsaturated/α-hetero) is 1. The second kappa shape index (κ2) is 7.05. The number of nitrogens with zero attached hydrogens (tertiary/aromatic N) is 4. The maximum Gasteiger partial charge on any atom is 0.231 e. The average Bonchev–Trinajstić information content (AvgIpc) is 3.16. The molecule has 0 amide bonds. The topological polar surface area (TPSA) is 67.8 Å². The van der Waals surface area contributed by atoms with Crippen LogP contribution in [0.25, 0.3) is 0 Å². The predicted molar refractivity (Wildman–Crippen MR) is 104 cm³/mol. The van der Waals surface area contributed by atoms with Gasteiger partial charge in [0.05, 0.1) is 17.0 Å². The molecule has 28 heavy (non-hydrogen) atoms. The third kappa shape index (κ3) is 3.20. The highest BCUT2D eigenvalue weighted by atomic mass is 16.7. The summed E-state index contributed by atoms with van der Waals surface area (Å²) in [5.74, 6) is 2.63. The molecule has 1 aliphatic carbocycles. The number of anilines is 1. The fourth-order valence-corrected chi connectivity index (χ4v) is 4.25. The SMILES string of the molecule is Cc1nc(N2CCN(Cc3ccc4c(c3)OCO4)CC2)nc2c1C(=O)CCC2. The molecule has 7 nitrogen and oxygen atoms in total. The minimum absolute atomic E-state index is 0.193. The highest BCUT2D eigenvalue weighted by Crippen LogP contribution is 2.33. The average molecular weight is 380 g/mol. The molecule has 0 N–H and O–H groups in total. The van der Waals surface area contributed by atoms with Gasteiger partial charge in [0, 0.05) is 39.1 Å². The van der Waals surface area contributed by atoms with E-state index in [1.807, 2.05) is 13.0 Å². The van der Waals surface area contributed by atoms with E-state index in [9.17, 15) is 4.79 Å². The smallest absolute Gasteiger partial charge is 0.231 e. The van der Waals surface area contributed by atoms with E-state index in [2.05, 4.69) is 26.9 Å². The summed E-state index contributed by atoms with van der Waals surface area (Å²) in [4.78, 5) is 26.2. The molecule has 146 valence electrons. The standard InChI is InChI=1S/C21H24N4O3/c1-14-20-16(3-2-4-17(20)26)23-21(22-14)25-9-7-24(8-10-25)12-15-5-6-18-19(11-15)28-13-27-18/h5-6,11H,2-4,7-10,12-13H2,1H3. The first-order valence-electron chi connectivity index (χ1n) is 9.94. The molecule has 7 heteroatoms. The number of aryl methyl sites for hydroxylation is 2. The summed E-state index contributed by atoms with van der Waals surface area (Å²) in [5, 5.41) is 0. The van der Waals surface area contributed by atoms with Gasteiger partial charge in [-0.3, -0.25) is 9.69 Å². The van der Waals surface area contributed by atoms with Crippen LogP contribution in [0.3, 0.4) is 0 Å². The third-order valence-corrected chi connectivity index (χ3v) is 5.75. The molecule has 1 aromatic heterocycles. The number of hydrogen-bond acceptors (Lipinski definition) is 7. The van der Waals surface area contributed by atoms with Gasteiger partial charge in [-0.1, -0.05) is 6.07 Å². The molecule has 0 bridgehead atoms. The maximum absolute atomic E-state index is 12.2. The van der Waals surface area contributed by atoms with Crippen molar-refractivity contribution in [1.29, 1.82) is 0 Å². The Morgan fingerprint density at radius 2 is 1.86 bits per heavy atom. The van der Waals surface area contributed by atoms with Crippen molar-refractivity contribution in [1.82, 2.24) is 14.9 Å². The Bertz CT molecular complexity index is 922. The number of carbonyl (C=O) groups excluding carboxylic acids is 1. The van der Waals surface area contributed by atoms with Crippen LogP contribution >= 0.6 is 0 Å². The lowest BCUT2D eigenvalue weighted by atomic mass is 9.94. The van der Waals surface area contributed by atoms with Crippen LogP contribution in [0, 0.1) is 6.92 Å². The zero-order valence-corrected chi connectivity index (χ0v) is 16.1. The van der Waals surface area contributed by atoms with Crippen molar-refractivity contribution in [2.24, 2.45) is 0 Å². The van der Waals surface area contributed by atoms with E-state index in [0.717, 1.165) is 80.0 Å². The van der Waals surface area contributed by atoms with Crippen LogP contribution in [0.5, 0.6) is 11.5 Å². The quantitative estimate of drug-likeness (QED) is 0.810. The van der Waals surface area contributed by atoms with Crippen molar-refractivity contribution in [2.75, 3.05) is 37.9 Å². The van der Waals surface area contributed by atoms with E-state index in [1.165, 1.54) is 5.56 Å². The van der Waals surface area contributed by atoms with Crippen molar-refractivity contribution in [3.8, 4) is 11.5 Å². The molecule has 2 aliphatic heterocycles. The molecule has 1 aromatic carbocycles. The van der Waals surface area contributed by atoms with E-state index >= 15 is 0 Å². The molecule has 2 aromatic rings. The molecule has 0 saturated carbocycles. The summed E-state index contributed by atoms with van der Waals surface area (Å²) < 4.78 is 10.9. The molecule has 0 radical (unpaired) electrons. The molecule has 0 atom stereocenters. The zero-order chi connectivity index (χ0) is 19.1. The van der Waals surface area contributed by atoms with Gasteiger partial charge in [0.15, 0.2) is 17.3 Å². The van der Waals surface area contributed by atoms with Crippen LogP contribution in [0.15, 0.2) is 18.2 Å². The van der Waals surface area contributed by atoms with Gasteiger partial charge in [-0.2, -0.15) is 0 Å². The number of fused-ring (bicyclic) bond motifs is 2. The number of benzene rings is 1. The second-order valence-electron chi connectivity index (χ2n) is 7.66. The van der Waals surface area contributed by atoms with Crippen LogP contribution in [-0.2, 0) is 13.0 Å². The molecular weight excluding hydrogens is 356 g/mol. The summed E-state index contributed by atoms with van der Waals surface area (Å²) in [5.41, 5.74) is 3.75. The number of ketones is 1. The molecule has 3 aliphatic rings. The Morgan fingerprint density at radius 1 is 1.04 bits per heavy atom. The van der Waals surface area contributed by atoms with Crippen molar-refractivity contribution < 1.29 is 14.3 Å². The van der Waals surface area contributed by atoms with Crippen LogP contribution in [0.4, 0.5) is 5.95 Å².